The highest BCUT2D eigenvalue weighted by Gasteiger charge is 2.05. The third kappa shape index (κ3) is 6.55. The molecule has 3 nitrogen and oxygen atoms in total. The monoisotopic (exact) mass is 269 g/mol. The molecular weight excluding hydrogens is 245 g/mol. The van der Waals surface area contributed by atoms with E-state index < -0.39 is 0 Å². The van der Waals surface area contributed by atoms with Gasteiger partial charge in [-0.3, -0.25) is 0 Å². The van der Waals surface area contributed by atoms with Crippen molar-refractivity contribution in [1.29, 1.82) is 0 Å². The number of halogens is 1. The van der Waals surface area contributed by atoms with E-state index in [9.17, 15) is 4.39 Å². The van der Waals surface area contributed by atoms with Crippen LogP contribution in [0.2, 0.25) is 0 Å². The number of hydrogen-bond acceptors (Lipinski definition) is 3. The Morgan fingerprint density at radius 3 is 2.74 bits per heavy atom. The Morgan fingerprint density at radius 1 is 1.26 bits per heavy atom. The molecule has 0 aliphatic heterocycles. The molecule has 1 rings (SSSR count). The Balaban J connectivity index is 2.43. The van der Waals surface area contributed by atoms with E-state index in [-0.39, 0.29) is 5.82 Å². The molecule has 1 aromatic carbocycles. The first kappa shape index (κ1) is 15.9. The minimum absolute atomic E-state index is 0.240. The van der Waals surface area contributed by atoms with Crippen molar-refractivity contribution in [3.63, 3.8) is 0 Å². The molecule has 108 valence electrons. The average Bonchev–Trinajstić information content (AvgIpc) is 2.37. The lowest BCUT2D eigenvalue weighted by Crippen LogP contribution is -2.15. The molecule has 0 spiro atoms. The normalized spacial score (nSPS) is 11.0. The Labute approximate surface area is 115 Å². The van der Waals surface area contributed by atoms with Crippen molar-refractivity contribution in [2.45, 2.75) is 27.3 Å². The fourth-order valence-corrected chi connectivity index (χ4v) is 1.62. The van der Waals surface area contributed by atoms with Crippen molar-refractivity contribution in [3.8, 4) is 5.75 Å². The summed E-state index contributed by atoms with van der Waals surface area (Å²) >= 11 is 0. The first-order valence-electron chi connectivity index (χ1n) is 6.83. The van der Waals surface area contributed by atoms with Crippen molar-refractivity contribution in [3.05, 3.63) is 29.6 Å². The maximum absolute atomic E-state index is 13.2. The first-order valence-corrected chi connectivity index (χ1v) is 6.83. The molecule has 0 aliphatic carbocycles. The van der Waals surface area contributed by atoms with Crippen LogP contribution in [0, 0.1) is 11.7 Å². The van der Waals surface area contributed by atoms with Crippen molar-refractivity contribution in [1.82, 2.24) is 5.32 Å². The average molecular weight is 269 g/mol. The third-order valence-corrected chi connectivity index (χ3v) is 2.52. The van der Waals surface area contributed by atoms with Crippen LogP contribution in [0.5, 0.6) is 5.75 Å². The lowest BCUT2D eigenvalue weighted by Gasteiger charge is -2.12. The molecule has 0 atom stereocenters. The van der Waals surface area contributed by atoms with Gasteiger partial charge in [-0.1, -0.05) is 20.8 Å². The Bertz CT molecular complexity index is 369. The SMILES string of the molecule is CCNCc1cc(F)ccc1OCCOCC(C)C. The van der Waals surface area contributed by atoms with Crippen LogP contribution >= 0.6 is 0 Å². The van der Waals surface area contributed by atoms with Gasteiger partial charge >= 0.3 is 0 Å². The highest BCUT2D eigenvalue weighted by molar-refractivity contribution is 5.33. The van der Waals surface area contributed by atoms with Gasteiger partial charge < -0.3 is 14.8 Å². The molecule has 0 unspecified atom stereocenters. The zero-order valence-electron chi connectivity index (χ0n) is 12.0. The minimum atomic E-state index is -0.240. The molecule has 0 amide bonds. The van der Waals surface area contributed by atoms with Crippen LogP contribution < -0.4 is 10.1 Å². The van der Waals surface area contributed by atoms with Gasteiger partial charge in [-0.25, -0.2) is 4.39 Å². The first-order chi connectivity index (χ1) is 9.13. The summed E-state index contributed by atoms with van der Waals surface area (Å²) in [6.07, 6.45) is 0. The zero-order chi connectivity index (χ0) is 14.1. The molecule has 0 heterocycles. The summed E-state index contributed by atoms with van der Waals surface area (Å²) in [4.78, 5) is 0. The number of hydrogen-bond donors (Lipinski definition) is 1. The Kier molecular flexibility index (Phi) is 7.45. The van der Waals surface area contributed by atoms with E-state index in [1.54, 1.807) is 6.07 Å². The highest BCUT2D eigenvalue weighted by atomic mass is 19.1. The van der Waals surface area contributed by atoms with Crippen molar-refractivity contribution < 1.29 is 13.9 Å². The van der Waals surface area contributed by atoms with Crippen LogP contribution in [0.3, 0.4) is 0 Å². The number of benzene rings is 1. The molecule has 0 aromatic heterocycles. The lowest BCUT2D eigenvalue weighted by molar-refractivity contribution is 0.0816. The fraction of sp³-hybridized carbons (Fsp3) is 0.600. The summed E-state index contributed by atoms with van der Waals surface area (Å²) in [5.41, 5.74) is 0.839. The fourth-order valence-electron chi connectivity index (χ4n) is 1.62. The van der Waals surface area contributed by atoms with Crippen LogP contribution in [0.25, 0.3) is 0 Å². The largest absolute Gasteiger partial charge is 0.491 e. The number of rotatable bonds is 9. The lowest BCUT2D eigenvalue weighted by atomic mass is 10.2. The van der Waals surface area contributed by atoms with Crippen molar-refractivity contribution in [2.75, 3.05) is 26.4 Å². The van der Waals surface area contributed by atoms with Crippen LogP contribution in [0.1, 0.15) is 26.3 Å². The number of nitrogens with one attached hydrogen (secondary N) is 1. The van der Waals surface area contributed by atoms with E-state index in [1.807, 2.05) is 6.92 Å². The second-order valence-corrected chi connectivity index (χ2v) is 4.85. The summed E-state index contributed by atoms with van der Waals surface area (Å²) in [6.45, 7) is 9.44. The topological polar surface area (TPSA) is 30.5 Å². The highest BCUT2D eigenvalue weighted by Crippen LogP contribution is 2.19. The third-order valence-electron chi connectivity index (χ3n) is 2.52. The van der Waals surface area contributed by atoms with Crippen molar-refractivity contribution >= 4 is 0 Å². The quantitative estimate of drug-likeness (QED) is 0.699. The van der Waals surface area contributed by atoms with Gasteiger partial charge in [0.15, 0.2) is 0 Å². The van der Waals surface area contributed by atoms with Gasteiger partial charge in [0, 0.05) is 18.7 Å². The van der Waals surface area contributed by atoms with E-state index in [2.05, 4.69) is 19.2 Å². The van der Waals surface area contributed by atoms with E-state index in [0.29, 0.717) is 25.7 Å². The van der Waals surface area contributed by atoms with E-state index in [0.717, 1.165) is 24.5 Å². The standard InChI is InChI=1S/C15H24FNO2/c1-4-17-10-13-9-14(16)5-6-15(13)19-8-7-18-11-12(2)3/h5-6,9,12,17H,4,7-8,10-11H2,1-3H3. The van der Waals surface area contributed by atoms with Gasteiger partial charge in [-0.05, 0) is 30.7 Å². The summed E-state index contributed by atoms with van der Waals surface area (Å²) in [5, 5.41) is 3.17. The van der Waals surface area contributed by atoms with Crippen LogP contribution in [0.4, 0.5) is 4.39 Å². The molecular formula is C15H24FNO2. The summed E-state index contributed by atoms with van der Waals surface area (Å²) in [7, 11) is 0. The molecule has 0 radical (unpaired) electrons. The second-order valence-electron chi connectivity index (χ2n) is 4.85. The molecule has 0 bridgehead atoms. The molecule has 0 saturated heterocycles. The smallest absolute Gasteiger partial charge is 0.124 e. The van der Waals surface area contributed by atoms with Gasteiger partial charge in [-0.2, -0.15) is 0 Å². The van der Waals surface area contributed by atoms with Gasteiger partial charge in [0.05, 0.1) is 6.61 Å². The van der Waals surface area contributed by atoms with E-state index >= 15 is 0 Å². The molecule has 0 aliphatic rings. The maximum atomic E-state index is 13.2. The second kappa shape index (κ2) is 8.88. The van der Waals surface area contributed by atoms with Crippen LogP contribution in [0.15, 0.2) is 18.2 Å². The number of ether oxygens (including phenoxy) is 2. The molecule has 0 fully saturated rings. The van der Waals surface area contributed by atoms with Crippen molar-refractivity contribution in [2.24, 2.45) is 5.92 Å². The summed E-state index contributed by atoms with van der Waals surface area (Å²) in [5.74, 6) is 1.00. The van der Waals surface area contributed by atoms with Gasteiger partial charge in [0.2, 0.25) is 0 Å². The minimum Gasteiger partial charge on any atom is -0.491 e. The van der Waals surface area contributed by atoms with Gasteiger partial charge in [0.1, 0.15) is 18.2 Å². The van der Waals surface area contributed by atoms with Gasteiger partial charge in [-0.15, -0.1) is 0 Å². The maximum Gasteiger partial charge on any atom is 0.124 e. The van der Waals surface area contributed by atoms with Gasteiger partial charge in [0.25, 0.3) is 0 Å². The molecule has 4 heteroatoms. The summed E-state index contributed by atoms with van der Waals surface area (Å²) in [6, 6.07) is 4.59. The predicted molar refractivity (Wildman–Crippen MR) is 74.9 cm³/mol. The molecule has 0 saturated carbocycles. The van der Waals surface area contributed by atoms with E-state index in [1.165, 1.54) is 12.1 Å². The predicted octanol–water partition coefficient (Wildman–Crippen LogP) is 2.99. The summed E-state index contributed by atoms with van der Waals surface area (Å²) < 4.78 is 24.3. The molecule has 19 heavy (non-hydrogen) atoms. The van der Waals surface area contributed by atoms with Crippen LogP contribution in [-0.4, -0.2) is 26.4 Å². The Morgan fingerprint density at radius 2 is 2.05 bits per heavy atom. The zero-order valence-corrected chi connectivity index (χ0v) is 12.0. The van der Waals surface area contributed by atoms with E-state index in [4.69, 9.17) is 9.47 Å². The molecule has 1 aromatic rings. The van der Waals surface area contributed by atoms with Crippen LogP contribution in [-0.2, 0) is 11.3 Å². The Hall–Kier alpha value is -1.13. The molecule has 1 N–H and O–H groups in total.